The second-order valence-corrected chi connectivity index (χ2v) is 12.1. The maximum Gasteiger partial charge on any atom is 0.227 e. The van der Waals surface area contributed by atoms with Gasteiger partial charge in [0.25, 0.3) is 0 Å². The molecule has 1 amide bonds. The highest BCUT2D eigenvalue weighted by Crippen LogP contribution is 2.65. The van der Waals surface area contributed by atoms with Gasteiger partial charge in [-0.2, -0.15) is 0 Å². The van der Waals surface area contributed by atoms with Crippen molar-refractivity contribution in [3.8, 4) is 0 Å². The van der Waals surface area contributed by atoms with Crippen LogP contribution in [0.3, 0.4) is 0 Å². The van der Waals surface area contributed by atoms with Crippen LogP contribution < -0.4 is 15.5 Å². The Labute approximate surface area is 216 Å². The second-order valence-electron chi connectivity index (χ2n) is 12.1. The number of piperazine rings is 1. The first-order chi connectivity index (χ1) is 17.2. The third-order valence-corrected chi connectivity index (χ3v) is 9.72. The van der Waals surface area contributed by atoms with Gasteiger partial charge in [-0.05, 0) is 80.2 Å². The van der Waals surface area contributed by atoms with E-state index in [9.17, 15) is 4.79 Å². The molecule has 3 atom stereocenters. The van der Waals surface area contributed by atoms with Crippen LogP contribution in [0.25, 0.3) is 0 Å². The molecule has 2 heterocycles. The third-order valence-electron chi connectivity index (χ3n) is 9.72. The van der Waals surface area contributed by atoms with Crippen LogP contribution in [0, 0.1) is 16.7 Å². The molecule has 1 saturated heterocycles. The number of carbonyl (C=O) groups excluding carboxylic acids is 1. The highest BCUT2D eigenvalue weighted by Gasteiger charge is 2.61. The summed E-state index contributed by atoms with van der Waals surface area (Å²) in [4.78, 5) is 26.9. The molecule has 3 aliphatic rings. The predicted octanol–water partition coefficient (Wildman–Crippen LogP) is 4.62. The number of amides is 1. The standard InChI is InChI=1S/C29H42N6O/c1-20(2)34-14-16-35(17-15-34)24-8-6-22(7-9-24)31-27-30-13-11-23(32-27)19-26(36)33-25-18-21-10-12-29(25,5)28(21,3)4/h6-9,11,13,20-21,25H,10,12,14-19H2,1-5H3,(H,33,36)(H,30,31,32). The number of benzene rings is 1. The molecular weight excluding hydrogens is 448 g/mol. The van der Waals surface area contributed by atoms with E-state index < -0.39 is 0 Å². The van der Waals surface area contributed by atoms with Crippen LogP contribution in [0.2, 0.25) is 0 Å². The maximum absolute atomic E-state index is 12.9. The number of anilines is 3. The number of fused-ring (bicyclic) bond motifs is 2. The molecule has 3 fully saturated rings. The Morgan fingerprint density at radius 1 is 1.08 bits per heavy atom. The fourth-order valence-corrected chi connectivity index (χ4v) is 6.77. The van der Waals surface area contributed by atoms with Crippen molar-refractivity contribution in [1.29, 1.82) is 0 Å². The number of hydrogen-bond acceptors (Lipinski definition) is 6. The summed E-state index contributed by atoms with van der Waals surface area (Å²) in [5.41, 5.74) is 3.39. The van der Waals surface area contributed by atoms with Crippen LogP contribution in [-0.4, -0.2) is 59.0 Å². The molecule has 1 aromatic carbocycles. The quantitative estimate of drug-likeness (QED) is 0.590. The highest BCUT2D eigenvalue weighted by atomic mass is 16.1. The average molecular weight is 491 g/mol. The van der Waals surface area contributed by atoms with Crippen molar-refractivity contribution in [2.45, 2.75) is 72.4 Å². The molecule has 194 valence electrons. The van der Waals surface area contributed by atoms with Crippen LogP contribution in [0.5, 0.6) is 0 Å². The van der Waals surface area contributed by atoms with E-state index >= 15 is 0 Å². The van der Waals surface area contributed by atoms with Crippen molar-refractivity contribution < 1.29 is 4.79 Å². The molecule has 2 saturated carbocycles. The zero-order chi connectivity index (χ0) is 25.5. The number of rotatable bonds is 7. The molecule has 2 aromatic rings. The summed E-state index contributed by atoms with van der Waals surface area (Å²) in [5.74, 6) is 1.28. The lowest BCUT2D eigenvalue weighted by Crippen LogP contribution is -2.48. The fraction of sp³-hybridized carbons (Fsp3) is 0.621. The Morgan fingerprint density at radius 3 is 2.42 bits per heavy atom. The Balaban J connectivity index is 1.16. The molecule has 1 aliphatic heterocycles. The first-order valence-corrected chi connectivity index (χ1v) is 13.6. The summed E-state index contributed by atoms with van der Waals surface area (Å²) < 4.78 is 0. The van der Waals surface area contributed by atoms with E-state index in [0.717, 1.165) is 44.0 Å². The van der Waals surface area contributed by atoms with E-state index in [2.05, 4.69) is 89.3 Å². The molecule has 0 spiro atoms. The topological polar surface area (TPSA) is 73.4 Å². The van der Waals surface area contributed by atoms with Crippen LogP contribution in [0.15, 0.2) is 36.5 Å². The Bertz CT molecular complexity index is 1080. The molecule has 36 heavy (non-hydrogen) atoms. The smallest absolute Gasteiger partial charge is 0.227 e. The summed E-state index contributed by atoms with van der Waals surface area (Å²) in [5, 5.41) is 6.64. The highest BCUT2D eigenvalue weighted by molar-refractivity contribution is 5.78. The zero-order valence-electron chi connectivity index (χ0n) is 22.6. The van der Waals surface area contributed by atoms with Gasteiger partial charge < -0.3 is 15.5 Å². The molecule has 7 heteroatoms. The SMILES string of the molecule is CC(C)N1CCN(c2ccc(Nc3nccc(CC(=O)NC4CC5CCC4(C)C5(C)C)n3)cc2)CC1. The predicted molar refractivity (Wildman–Crippen MR) is 146 cm³/mol. The fourth-order valence-electron chi connectivity index (χ4n) is 6.77. The number of carbonyl (C=O) groups is 1. The van der Waals surface area contributed by atoms with Crippen molar-refractivity contribution >= 4 is 23.2 Å². The lowest BCUT2D eigenvalue weighted by Gasteiger charge is -2.39. The van der Waals surface area contributed by atoms with Crippen LogP contribution >= 0.6 is 0 Å². The van der Waals surface area contributed by atoms with Crippen molar-refractivity contribution in [2.24, 2.45) is 16.7 Å². The van der Waals surface area contributed by atoms with Crippen LogP contribution in [0.1, 0.15) is 59.6 Å². The Morgan fingerprint density at radius 2 is 1.81 bits per heavy atom. The summed E-state index contributed by atoms with van der Waals surface area (Å²) in [6.07, 6.45) is 5.57. The van der Waals surface area contributed by atoms with Crippen molar-refractivity contribution in [3.05, 3.63) is 42.2 Å². The third kappa shape index (κ3) is 4.70. The Kier molecular flexibility index (Phi) is 6.70. The molecular formula is C29H42N6O. The first-order valence-electron chi connectivity index (χ1n) is 13.6. The molecule has 7 nitrogen and oxygen atoms in total. The number of aromatic nitrogens is 2. The van der Waals surface area contributed by atoms with E-state index in [0.29, 0.717) is 17.9 Å². The minimum Gasteiger partial charge on any atom is -0.369 e. The average Bonchev–Trinajstić information content (AvgIpc) is 3.18. The van der Waals surface area contributed by atoms with Crippen molar-refractivity contribution in [1.82, 2.24) is 20.2 Å². The lowest BCUT2D eigenvalue weighted by atomic mass is 9.69. The summed E-state index contributed by atoms with van der Waals surface area (Å²) >= 11 is 0. The molecule has 2 aliphatic carbocycles. The van der Waals surface area contributed by atoms with Crippen molar-refractivity contribution in [2.75, 3.05) is 36.4 Å². The van der Waals surface area contributed by atoms with Gasteiger partial charge in [-0.1, -0.05) is 20.8 Å². The van der Waals surface area contributed by atoms with Gasteiger partial charge in [-0.25, -0.2) is 9.97 Å². The summed E-state index contributed by atoms with van der Waals surface area (Å²) in [6, 6.07) is 11.1. The van der Waals surface area contributed by atoms with E-state index in [4.69, 9.17) is 0 Å². The van der Waals surface area contributed by atoms with Gasteiger partial charge in [0.05, 0.1) is 12.1 Å². The van der Waals surface area contributed by atoms with Crippen LogP contribution in [-0.2, 0) is 11.2 Å². The van der Waals surface area contributed by atoms with E-state index in [1.54, 1.807) is 6.20 Å². The zero-order valence-corrected chi connectivity index (χ0v) is 22.6. The molecule has 5 rings (SSSR count). The second kappa shape index (κ2) is 9.66. The summed E-state index contributed by atoms with van der Waals surface area (Å²) in [6.45, 7) is 15.9. The van der Waals surface area contributed by atoms with E-state index in [-0.39, 0.29) is 29.2 Å². The van der Waals surface area contributed by atoms with Crippen LogP contribution in [0.4, 0.5) is 17.3 Å². The first kappa shape index (κ1) is 25.0. The molecule has 3 unspecified atom stereocenters. The maximum atomic E-state index is 12.9. The van der Waals surface area contributed by atoms with Gasteiger partial charge in [0.1, 0.15) is 0 Å². The van der Waals surface area contributed by atoms with Gasteiger partial charge in [-0.3, -0.25) is 9.69 Å². The van der Waals surface area contributed by atoms with Gasteiger partial charge in [-0.15, -0.1) is 0 Å². The molecule has 2 N–H and O–H groups in total. The largest absolute Gasteiger partial charge is 0.369 e. The van der Waals surface area contributed by atoms with E-state index in [1.807, 2.05) is 6.07 Å². The van der Waals surface area contributed by atoms with Gasteiger partial charge in [0.2, 0.25) is 11.9 Å². The molecule has 1 aromatic heterocycles. The lowest BCUT2D eigenvalue weighted by molar-refractivity contribution is -0.122. The normalized spacial score (nSPS) is 27.4. The summed E-state index contributed by atoms with van der Waals surface area (Å²) in [7, 11) is 0. The minimum atomic E-state index is 0.0520. The Hall–Kier alpha value is -2.67. The van der Waals surface area contributed by atoms with Gasteiger partial charge in [0, 0.05) is 55.8 Å². The monoisotopic (exact) mass is 490 g/mol. The van der Waals surface area contributed by atoms with Gasteiger partial charge in [0.15, 0.2) is 0 Å². The molecule has 0 radical (unpaired) electrons. The number of hydrogen-bond donors (Lipinski definition) is 2. The van der Waals surface area contributed by atoms with E-state index in [1.165, 1.54) is 18.5 Å². The minimum absolute atomic E-state index is 0.0520. The molecule has 2 bridgehead atoms. The number of nitrogens with one attached hydrogen (secondary N) is 2. The van der Waals surface area contributed by atoms with Gasteiger partial charge >= 0.3 is 0 Å². The number of nitrogens with zero attached hydrogens (tertiary/aromatic N) is 4. The van der Waals surface area contributed by atoms with Crippen molar-refractivity contribution in [3.63, 3.8) is 0 Å².